The van der Waals surface area contributed by atoms with E-state index in [-0.39, 0.29) is 17.7 Å². The number of carbonyl (C=O) groups is 2. The molecule has 0 aliphatic heterocycles. The number of alkyl halides is 1. The highest BCUT2D eigenvalue weighted by Gasteiger charge is 2.18. The minimum absolute atomic E-state index is 0.0597. The van der Waals surface area contributed by atoms with Gasteiger partial charge in [0.2, 0.25) is 5.91 Å². The number of halogens is 2. The zero-order valence-corrected chi connectivity index (χ0v) is 12.5. The Labute approximate surface area is 120 Å². The molecule has 0 aromatic rings. The number of rotatable bonds is 7. The van der Waals surface area contributed by atoms with Crippen LogP contribution in [-0.2, 0) is 14.3 Å². The molecule has 0 spiro atoms. The van der Waals surface area contributed by atoms with E-state index in [9.17, 15) is 14.0 Å². The van der Waals surface area contributed by atoms with Crippen molar-refractivity contribution in [1.29, 1.82) is 0 Å². The standard InChI is InChI=1S/C13H17BrFNO3/c1-4-10(15)6-5-9(2)11(7-13(18)19-3)16-12(17)8-14/h4-6,11H,2,7-8H2,1,3H3,(H,16,17). The fourth-order valence-corrected chi connectivity index (χ4v) is 1.32. The Kier molecular flexibility index (Phi) is 8.78. The number of ether oxygens (including phenoxy) is 1. The SMILES string of the molecule is C=C(C=CC(F)=CC)C(CC(=O)OC)NC(=O)CBr. The Bertz CT molecular complexity index is 387. The van der Waals surface area contributed by atoms with Crippen molar-refractivity contribution in [2.75, 3.05) is 12.4 Å². The van der Waals surface area contributed by atoms with Gasteiger partial charge in [0.15, 0.2) is 0 Å². The van der Waals surface area contributed by atoms with Gasteiger partial charge < -0.3 is 10.1 Å². The molecular weight excluding hydrogens is 317 g/mol. The second-order valence-electron chi connectivity index (χ2n) is 3.62. The van der Waals surface area contributed by atoms with Crippen LogP contribution in [0.1, 0.15) is 13.3 Å². The minimum Gasteiger partial charge on any atom is -0.469 e. The van der Waals surface area contributed by atoms with Crippen molar-refractivity contribution in [3.8, 4) is 0 Å². The summed E-state index contributed by atoms with van der Waals surface area (Å²) in [5, 5.41) is 2.70. The number of amides is 1. The van der Waals surface area contributed by atoms with Crippen molar-refractivity contribution in [2.45, 2.75) is 19.4 Å². The molecule has 1 unspecified atom stereocenters. The Hall–Kier alpha value is -1.43. The lowest BCUT2D eigenvalue weighted by atomic mass is 10.0. The number of hydrogen-bond donors (Lipinski definition) is 1. The van der Waals surface area contributed by atoms with E-state index in [0.717, 1.165) is 0 Å². The van der Waals surface area contributed by atoms with E-state index in [4.69, 9.17) is 0 Å². The Balaban J connectivity index is 4.81. The van der Waals surface area contributed by atoms with Crippen molar-refractivity contribution < 1.29 is 18.7 Å². The largest absolute Gasteiger partial charge is 0.469 e. The van der Waals surface area contributed by atoms with Gasteiger partial charge in [-0.05, 0) is 18.6 Å². The fraction of sp³-hybridized carbons (Fsp3) is 0.385. The van der Waals surface area contributed by atoms with Crippen LogP contribution in [0.2, 0.25) is 0 Å². The van der Waals surface area contributed by atoms with Crippen molar-refractivity contribution in [3.63, 3.8) is 0 Å². The molecule has 0 saturated carbocycles. The van der Waals surface area contributed by atoms with Crippen LogP contribution in [0.15, 0.2) is 36.2 Å². The van der Waals surface area contributed by atoms with E-state index in [1.54, 1.807) is 6.92 Å². The summed E-state index contributed by atoms with van der Waals surface area (Å²) >= 11 is 3.00. The molecule has 1 atom stereocenters. The normalized spacial score (nSPS) is 13.2. The van der Waals surface area contributed by atoms with Crippen LogP contribution in [0.4, 0.5) is 4.39 Å². The van der Waals surface area contributed by atoms with Gasteiger partial charge in [-0.1, -0.05) is 34.7 Å². The summed E-state index contributed by atoms with van der Waals surface area (Å²) in [7, 11) is 1.25. The van der Waals surface area contributed by atoms with E-state index >= 15 is 0 Å². The molecule has 0 saturated heterocycles. The van der Waals surface area contributed by atoms with Crippen LogP contribution in [0, 0.1) is 0 Å². The fourth-order valence-electron chi connectivity index (χ4n) is 1.16. The van der Waals surface area contributed by atoms with Crippen LogP contribution in [0.5, 0.6) is 0 Å². The molecule has 0 fully saturated rings. The number of carbonyl (C=O) groups excluding carboxylic acids is 2. The maximum atomic E-state index is 13.0. The van der Waals surface area contributed by atoms with E-state index < -0.39 is 17.8 Å². The topological polar surface area (TPSA) is 55.4 Å². The molecule has 0 aromatic carbocycles. The highest BCUT2D eigenvalue weighted by atomic mass is 79.9. The molecule has 19 heavy (non-hydrogen) atoms. The second-order valence-corrected chi connectivity index (χ2v) is 4.18. The first-order chi connectivity index (χ1) is 8.94. The summed E-state index contributed by atoms with van der Waals surface area (Å²) in [5.74, 6) is -1.21. The Morgan fingerprint density at radius 3 is 2.58 bits per heavy atom. The first kappa shape index (κ1) is 17.6. The van der Waals surface area contributed by atoms with Gasteiger partial charge in [-0.15, -0.1) is 0 Å². The van der Waals surface area contributed by atoms with Crippen LogP contribution < -0.4 is 5.32 Å². The maximum absolute atomic E-state index is 13.0. The van der Waals surface area contributed by atoms with Gasteiger partial charge in [0.05, 0.1) is 24.9 Å². The number of allylic oxidation sites excluding steroid dienone is 3. The number of esters is 1. The molecule has 0 heterocycles. The van der Waals surface area contributed by atoms with Gasteiger partial charge in [0.1, 0.15) is 5.83 Å². The summed E-state index contributed by atoms with van der Waals surface area (Å²) in [6.07, 6.45) is 3.86. The zero-order valence-electron chi connectivity index (χ0n) is 10.9. The Morgan fingerprint density at radius 2 is 2.11 bits per heavy atom. The first-order valence-corrected chi connectivity index (χ1v) is 6.67. The van der Waals surface area contributed by atoms with E-state index in [1.807, 2.05) is 0 Å². The molecule has 0 radical (unpaired) electrons. The molecule has 6 heteroatoms. The van der Waals surface area contributed by atoms with Crippen LogP contribution in [-0.4, -0.2) is 30.4 Å². The third-order valence-corrected chi connectivity index (χ3v) is 2.74. The monoisotopic (exact) mass is 333 g/mol. The van der Waals surface area contributed by atoms with E-state index in [0.29, 0.717) is 5.57 Å². The summed E-state index contributed by atoms with van der Waals surface area (Å²) < 4.78 is 17.5. The van der Waals surface area contributed by atoms with Crippen LogP contribution >= 0.6 is 15.9 Å². The van der Waals surface area contributed by atoms with Gasteiger partial charge in [0, 0.05) is 0 Å². The van der Waals surface area contributed by atoms with Gasteiger partial charge in [0.25, 0.3) is 0 Å². The first-order valence-electron chi connectivity index (χ1n) is 5.55. The van der Waals surface area contributed by atoms with Crippen molar-refractivity contribution >= 4 is 27.8 Å². The lowest BCUT2D eigenvalue weighted by Gasteiger charge is -2.17. The van der Waals surface area contributed by atoms with Crippen molar-refractivity contribution in [1.82, 2.24) is 5.32 Å². The third kappa shape index (κ3) is 7.56. The number of nitrogens with one attached hydrogen (secondary N) is 1. The highest BCUT2D eigenvalue weighted by molar-refractivity contribution is 9.09. The molecule has 0 aromatic heterocycles. The lowest BCUT2D eigenvalue weighted by molar-refractivity contribution is -0.141. The average Bonchev–Trinajstić information content (AvgIpc) is 2.42. The summed E-state index contributed by atoms with van der Waals surface area (Å²) in [4.78, 5) is 22.6. The quantitative estimate of drug-likeness (QED) is 0.442. The highest BCUT2D eigenvalue weighted by Crippen LogP contribution is 2.10. The summed E-state index contributed by atoms with van der Waals surface area (Å²) in [5.41, 5.74) is 0.414. The molecule has 0 rings (SSSR count). The van der Waals surface area contributed by atoms with Gasteiger partial charge >= 0.3 is 5.97 Å². The number of hydrogen-bond acceptors (Lipinski definition) is 3. The molecule has 4 nitrogen and oxygen atoms in total. The maximum Gasteiger partial charge on any atom is 0.307 e. The zero-order chi connectivity index (χ0) is 14.8. The molecule has 106 valence electrons. The van der Waals surface area contributed by atoms with Gasteiger partial charge in [-0.25, -0.2) is 4.39 Å². The molecular formula is C13H17BrFNO3. The lowest BCUT2D eigenvalue weighted by Crippen LogP contribution is -2.38. The predicted octanol–water partition coefficient (Wildman–Crippen LogP) is 2.41. The number of methoxy groups -OCH3 is 1. The van der Waals surface area contributed by atoms with E-state index in [2.05, 4.69) is 32.6 Å². The van der Waals surface area contributed by atoms with Crippen molar-refractivity contribution in [3.05, 3.63) is 36.2 Å². The summed E-state index contributed by atoms with van der Waals surface area (Å²) in [6.45, 7) is 5.27. The van der Waals surface area contributed by atoms with E-state index in [1.165, 1.54) is 25.3 Å². The molecule has 0 aliphatic rings. The van der Waals surface area contributed by atoms with Crippen LogP contribution in [0.3, 0.4) is 0 Å². The van der Waals surface area contributed by atoms with Gasteiger partial charge in [-0.3, -0.25) is 9.59 Å². The van der Waals surface area contributed by atoms with Crippen LogP contribution in [0.25, 0.3) is 0 Å². The molecule has 1 N–H and O–H groups in total. The van der Waals surface area contributed by atoms with Crippen molar-refractivity contribution in [2.24, 2.45) is 0 Å². The molecule has 0 bridgehead atoms. The Morgan fingerprint density at radius 1 is 1.47 bits per heavy atom. The molecule has 0 aliphatic carbocycles. The third-order valence-electron chi connectivity index (χ3n) is 2.24. The summed E-state index contributed by atoms with van der Waals surface area (Å²) in [6, 6.07) is -0.626. The van der Waals surface area contributed by atoms with Gasteiger partial charge in [-0.2, -0.15) is 0 Å². The average molecular weight is 334 g/mol. The smallest absolute Gasteiger partial charge is 0.307 e. The minimum atomic E-state index is -0.626. The molecule has 1 amide bonds. The second kappa shape index (κ2) is 9.49. The predicted molar refractivity (Wildman–Crippen MR) is 75.5 cm³/mol.